The number of benzene rings is 2. The van der Waals surface area contributed by atoms with Crippen LogP contribution >= 0.6 is 0 Å². The van der Waals surface area contributed by atoms with Crippen molar-refractivity contribution >= 4 is 11.8 Å². The quantitative estimate of drug-likeness (QED) is 0.671. The summed E-state index contributed by atoms with van der Waals surface area (Å²) in [6, 6.07) is 14.6. The highest BCUT2D eigenvalue weighted by Crippen LogP contribution is 2.32. The number of amides is 2. The van der Waals surface area contributed by atoms with Crippen LogP contribution in [0.25, 0.3) is 0 Å². The number of alkyl halides is 3. The molecule has 9 heteroatoms. The molecule has 0 spiro atoms. The second-order valence-electron chi connectivity index (χ2n) is 8.76. The van der Waals surface area contributed by atoms with Crippen LogP contribution < -0.4 is 10.6 Å². The van der Waals surface area contributed by atoms with Crippen LogP contribution in [0.2, 0.25) is 0 Å². The highest BCUT2D eigenvalue weighted by atomic mass is 19.4. The zero-order valence-electron chi connectivity index (χ0n) is 18.7. The van der Waals surface area contributed by atoms with Gasteiger partial charge in [-0.25, -0.2) is 0 Å². The van der Waals surface area contributed by atoms with Crippen molar-refractivity contribution in [2.45, 2.75) is 43.6 Å². The Morgan fingerprint density at radius 3 is 2.62 bits per heavy atom. The first-order valence-corrected chi connectivity index (χ1v) is 11.4. The Balaban J connectivity index is 1.23. The number of carbonyl (C=O) groups excluding carboxylic acids is 2. The Kier molecular flexibility index (Phi) is 7.53. The van der Waals surface area contributed by atoms with Crippen LogP contribution in [-0.4, -0.2) is 55.0 Å². The van der Waals surface area contributed by atoms with Crippen molar-refractivity contribution in [2.24, 2.45) is 0 Å². The molecule has 0 radical (unpaired) electrons. The predicted molar refractivity (Wildman–Crippen MR) is 120 cm³/mol. The molecule has 2 aromatic carbocycles. The maximum atomic E-state index is 12.8. The minimum Gasteiger partial charge on any atom is -0.373 e. The van der Waals surface area contributed by atoms with Crippen LogP contribution in [0.1, 0.15) is 46.9 Å². The number of carbonyl (C=O) groups is 2. The Morgan fingerprint density at radius 2 is 1.85 bits per heavy atom. The van der Waals surface area contributed by atoms with Crippen molar-refractivity contribution < 1.29 is 27.5 Å². The molecule has 2 N–H and O–H groups in total. The van der Waals surface area contributed by atoms with Gasteiger partial charge in [0.2, 0.25) is 5.91 Å². The summed E-state index contributed by atoms with van der Waals surface area (Å²) in [5.74, 6) is -1.08. The van der Waals surface area contributed by atoms with E-state index in [1.165, 1.54) is 17.7 Å². The Hall–Kier alpha value is -2.91. The Labute approximate surface area is 196 Å². The van der Waals surface area contributed by atoms with Gasteiger partial charge in [-0.05, 0) is 43.0 Å². The van der Waals surface area contributed by atoms with Gasteiger partial charge in [0.05, 0.1) is 18.2 Å². The lowest BCUT2D eigenvalue weighted by Gasteiger charge is -2.35. The van der Waals surface area contributed by atoms with Crippen LogP contribution in [0.5, 0.6) is 0 Å². The number of likely N-dealkylation sites (tertiary alicyclic amines) is 1. The van der Waals surface area contributed by atoms with Gasteiger partial charge in [0.15, 0.2) is 0 Å². The molecule has 2 aliphatic rings. The van der Waals surface area contributed by atoms with E-state index in [0.717, 1.165) is 44.5 Å². The molecule has 0 saturated carbocycles. The van der Waals surface area contributed by atoms with E-state index in [0.29, 0.717) is 12.6 Å². The van der Waals surface area contributed by atoms with Crippen LogP contribution in [0.3, 0.4) is 0 Å². The largest absolute Gasteiger partial charge is 0.416 e. The molecule has 2 aromatic rings. The van der Waals surface area contributed by atoms with Gasteiger partial charge >= 0.3 is 6.18 Å². The van der Waals surface area contributed by atoms with Gasteiger partial charge in [0.25, 0.3) is 5.91 Å². The summed E-state index contributed by atoms with van der Waals surface area (Å²) in [7, 11) is 0. The molecular formula is C25H28F3N3O3. The average Bonchev–Trinajstić information content (AvgIpc) is 3.31. The summed E-state index contributed by atoms with van der Waals surface area (Å²) in [4.78, 5) is 26.9. The molecule has 2 fully saturated rings. The number of ether oxygens (including phenoxy) is 1. The first-order valence-electron chi connectivity index (χ1n) is 11.4. The SMILES string of the molecule is O=C(CNC(=O)c1cccc(C(F)(F)F)c1)NC1CCN(C2CCOC(c3ccccc3)C2)C1. The number of hydrogen-bond donors (Lipinski definition) is 2. The third kappa shape index (κ3) is 6.15. The highest BCUT2D eigenvalue weighted by molar-refractivity contribution is 5.96. The second-order valence-corrected chi connectivity index (χ2v) is 8.76. The van der Waals surface area contributed by atoms with E-state index in [1.807, 2.05) is 18.2 Å². The maximum absolute atomic E-state index is 12.8. The Morgan fingerprint density at radius 1 is 1.06 bits per heavy atom. The first kappa shape index (κ1) is 24.2. The molecule has 2 heterocycles. The normalized spacial score (nSPS) is 23.4. The van der Waals surface area contributed by atoms with E-state index in [1.54, 1.807) is 0 Å². The number of hydrogen-bond acceptors (Lipinski definition) is 4. The van der Waals surface area contributed by atoms with Gasteiger partial charge in [0.1, 0.15) is 0 Å². The fourth-order valence-electron chi connectivity index (χ4n) is 4.63. The van der Waals surface area contributed by atoms with Crippen molar-refractivity contribution in [1.82, 2.24) is 15.5 Å². The molecule has 3 unspecified atom stereocenters. The van der Waals surface area contributed by atoms with Crippen LogP contribution in [0, 0.1) is 0 Å². The summed E-state index contributed by atoms with van der Waals surface area (Å²) in [6.07, 6.45) is -1.82. The van der Waals surface area contributed by atoms with Crippen molar-refractivity contribution in [1.29, 1.82) is 0 Å². The van der Waals surface area contributed by atoms with E-state index in [2.05, 4.69) is 27.7 Å². The van der Waals surface area contributed by atoms with E-state index in [9.17, 15) is 22.8 Å². The number of nitrogens with one attached hydrogen (secondary N) is 2. The number of halogens is 3. The summed E-state index contributed by atoms with van der Waals surface area (Å²) < 4.78 is 44.5. The monoisotopic (exact) mass is 475 g/mol. The maximum Gasteiger partial charge on any atom is 0.416 e. The number of nitrogens with zero attached hydrogens (tertiary/aromatic N) is 1. The number of rotatable bonds is 6. The molecule has 2 amide bonds. The summed E-state index contributed by atoms with van der Waals surface area (Å²) in [5, 5.41) is 5.33. The van der Waals surface area contributed by atoms with E-state index in [-0.39, 0.29) is 30.2 Å². The van der Waals surface area contributed by atoms with Gasteiger partial charge in [0, 0.05) is 37.3 Å². The minimum absolute atomic E-state index is 0.0315. The summed E-state index contributed by atoms with van der Waals surface area (Å²) in [6.45, 7) is 1.99. The molecule has 2 saturated heterocycles. The molecule has 3 atom stereocenters. The van der Waals surface area contributed by atoms with E-state index < -0.39 is 17.6 Å². The lowest BCUT2D eigenvalue weighted by molar-refractivity contribution is -0.137. The molecule has 0 aromatic heterocycles. The van der Waals surface area contributed by atoms with Crippen LogP contribution in [-0.2, 0) is 15.7 Å². The molecule has 6 nitrogen and oxygen atoms in total. The third-order valence-corrected chi connectivity index (χ3v) is 6.39. The molecule has 4 rings (SSSR count). The van der Waals surface area contributed by atoms with Gasteiger partial charge in [-0.15, -0.1) is 0 Å². The average molecular weight is 476 g/mol. The van der Waals surface area contributed by atoms with Crippen LogP contribution in [0.4, 0.5) is 13.2 Å². The highest BCUT2D eigenvalue weighted by Gasteiger charge is 2.33. The minimum atomic E-state index is -4.53. The van der Waals surface area contributed by atoms with Gasteiger partial charge in [-0.2, -0.15) is 13.2 Å². The Bertz CT molecular complexity index is 1000. The molecule has 0 aliphatic carbocycles. The van der Waals surface area contributed by atoms with E-state index >= 15 is 0 Å². The lowest BCUT2D eigenvalue weighted by atomic mass is 9.96. The molecular weight excluding hydrogens is 447 g/mol. The van der Waals surface area contributed by atoms with Gasteiger partial charge < -0.3 is 15.4 Å². The van der Waals surface area contributed by atoms with Gasteiger partial charge in [-0.1, -0.05) is 36.4 Å². The summed E-state index contributed by atoms with van der Waals surface area (Å²) >= 11 is 0. The van der Waals surface area contributed by atoms with Crippen molar-refractivity contribution in [3.8, 4) is 0 Å². The van der Waals surface area contributed by atoms with Gasteiger partial charge in [-0.3, -0.25) is 14.5 Å². The van der Waals surface area contributed by atoms with Crippen molar-refractivity contribution in [2.75, 3.05) is 26.2 Å². The van der Waals surface area contributed by atoms with E-state index in [4.69, 9.17) is 4.74 Å². The third-order valence-electron chi connectivity index (χ3n) is 6.39. The van der Waals surface area contributed by atoms with Crippen molar-refractivity contribution in [3.05, 3.63) is 71.3 Å². The topological polar surface area (TPSA) is 70.7 Å². The predicted octanol–water partition coefficient (Wildman–Crippen LogP) is 3.55. The molecule has 2 aliphatic heterocycles. The first-order chi connectivity index (χ1) is 16.3. The van der Waals surface area contributed by atoms with Crippen molar-refractivity contribution in [3.63, 3.8) is 0 Å². The lowest BCUT2D eigenvalue weighted by Crippen LogP contribution is -2.45. The molecule has 182 valence electrons. The van der Waals surface area contributed by atoms with Crippen LogP contribution in [0.15, 0.2) is 54.6 Å². The molecule has 0 bridgehead atoms. The standard InChI is InChI=1S/C25H28F3N3O3/c26-25(27,28)19-8-4-7-18(13-19)24(33)29-15-23(32)30-20-9-11-31(16-20)21-10-12-34-22(14-21)17-5-2-1-3-6-17/h1-8,13,20-22H,9-12,14-16H2,(H,29,33)(H,30,32). The smallest absolute Gasteiger partial charge is 0.373 e. The second kappa shape index (κ2) is 10.6. The summed E-state index contributed by atoms with van der Waals surface area (Å²) in [5.41, 5.74) is 0.133. The fraction of sp³-hybridized carbons (Fsp3) is 0.440. The molecule has 34 heavy (non-hydrogen) atoms. The zero-order chi connectivity index (χ0) is 24.1. The zero-order valence-corrected chi connectivity index (χ0v) is 18.7. The fourth-order valence-corrected chi connectivity index (χ4v) is 4.63.